The second-order valence-electron chi connectivity index (χ2n) is 8.74. The minimum atomic E-state index is -0.248. The average molecular weight is 419 g/mol. The molecule has 0 atom stereocenters. The first-order valence-corrected chi connectivity index (χ1v) is 11.5. The highest BCUT2D eigenvalue weighted by Gasteiger charge is 2.43. The monoisotopic (exact) mass is 418 g/mol. The Morgan fingerprint density at radius 3 is 2.23 bits per heavy atom. The molecular formula is C26H30N2O3. The van der Waals surface area contributed by atoms with E-state index in [1.165, 1.54) is 0 Å². The molecule has 3 aliphatic rings. The first-order valence-electron chi connectivity index (χ1n) is 11.5. The molecule has 0 saturated carbocycles. The zero-order valence-corrected chi connectivity index (χ0v) is 18.4. The molecule has 2 aromatic rings. The number of benzene rings is 1. The van der Waals surface area contributed by atoms with Crippen LogP contribution >= 0.6 is 0 Å². The maximum Gasteiger partial charge on any atom is 0.161 e. The number of Topliss-reactive ketones (excluding diaryl/α,β-unsaturated/α-hetero) is 2. The number of fused-ring (bicyclic) bond motifs is 1. The van der Waals surface area contributed by atoms with Crippen molar-refractivity contribution >= 4 is 22.5 Å². The molecule has 0 spiro atoms. The van der Waals surface area contributed by atoms with E-state index >= 15 is 0 Å². The number of methoxy groups -OCH3 is 1. The van der Waals surface area contributed by atoms with Crippen LogP contribution in [0.2, 0.25) is 0 Å². The normalized spacial score (nSPS) is 20.0. The summed E-state index contributed by atoms with van der Waals surface area (Å²) in [4.78, 5) is 29.0. The molecule has 1 aromatic carbocycles. The molecule has 31 heavy (non-hydrogen) atoms. The zero-order chi connectivity index (χ0) is 21.5. The number of carbonyl (C=O) groups excluding carboxylic acids is 2. The highest BCUT2D eigenvalue weighted by Crippen LogP contribution is 2.50. The Balaban J connectivity index is 1.78. The lowest BCUT2D eigenvalue weighted by Crippen LogP contribution is -2.40. The molecular weight excluding hydrogens is 388 g/mol. The summed E-state index contributed by atoms with van der Waals surface area (Å²) in [6.45, 7) is 4.26. The van der Waals surface area contributed by atoms with Crippen molar-refractivity contribution in [1.29, 1.82) is 0 Å². The Labute approximate surface area is 183 Å². The fourth-order valence-electron chi connectivity index (χ4n) is 5.75. The van der Waals surface area contributed by atoms with Gasteiger partial charge in [0.25, 0.3) is 0 Å². The number of hydrogen-bond acceptors (Lipinski definition) is 4. The molecule has 0 unspecified atom stereocenters. The van der Waals surface area contributed by atoms with Crippen molar-refractivity contribution in [2.24, 2.45) is 0 Å². The number of carbonyl (C=O) groups is 2. The number of rotatable bonds is 5. The van der Waals surface area contributed by atoms with E-state index in [0.717, 1.165) is 71.2 Å². The van der Waals surface area contributed by atoms with Crippen molar-refractivity contribution in [2.75, 3.05) is 20.3 Å². The maximum atomic E-state index is 13.4. The van der Waals surface area contributed by atoms with E-state index in [0.29, 0.717) is 26.0 Å². The molecule has 0 N–H and O–H groups in total. The van der Waals surface area contributed by atoms with Crippen molar-refractivity contribution < 1.29 is 14.3 Å². The zero-order valence-electron chi connectivity index (χ0n) is 18.4. The predicted molar refractivity (Wildman–Crippen MR) is 121 cm³/mol. The first kappa shape index (κ1) is 20.3. The second kappa shape index (κ2) is 8.12. The van der Waals surface area contributed by atoms with Crippen LogP contribution in [0.15, 0.2) is 53.0 Å². The molecule has 0 radical (unpaired) electrons. The summed E-state index contributed by atoms with van der Waals surface area (Å²) in [5.74, 6) is 0.154. The van der Waals surface area contributed by atoms with Crippen LogP contribution in [0.5, 0.6) is 0 Å². The molecule has 5 nitrogen and oxygen atoms in total. The molecule has 1 aliphatic heterocycles. The summed E-state index contributed by atoms with van der Waals surface area (Å²) in [5, 5.41) is 1.15. The minimum absolute atomic E-state index is 0.201. The summed E-state index contributed by atoms with van der Waals surface area (Å²) in [7, 11) is 1.70. The fourth-order valence-corrected chi connectivity index (χ4v) is 5.75. The van der Waals surface area contributed by atoms with Crippen molar-refractivity contribution in [3.63, 3.8) is 0 Å². The summed E-state index contributed by atoms with van der Waals surface area (Å²) >= 11 is 0. The predicted octanol–water partition coefficient (Wildman–Crippen LogP) is 4.72. The van der Waals surface area contributed by atoms with Gasteiger partial charge in [-0.15, -0.1) is 0 Å². The quantitative estimate of drug-likeness (QED) is 0.705. The second-order valence-corrected chi connectivity index (χ2v) is 8.74. The third-order valence-electron chi connectivity index (χ3n) is 7.08. The number of hydrogen-bond donors (Lipinski definition) is 0. The van der Waals surface area contributed by atoms with Crippen LogP contribution < -0.4 is 0 Å². The Morgan fingerprint density at radius 1 is 0.968 bits per heavy atom. The molecule has 5 rings (SSSR count). The van der Waals surface area contributed by atoms with Crippen molar-refractivity contribution in [3.05, 3.63) is 58.6 Å². The Kier molecular flexibility index (Phi) is 5.30. The van der Waals surface area contributed by atoms with E-state index in [4.69, 9.17) is 4.74 Å². The van der Waals surface area contributed by atoms with Gasteiger partial charge in [-0.2, -0.15) is 0 Å². The van der Waals surface area contributed by atoms with Gasteiger partial charge in [0.1, 0.15) is 0 Å². The SMILES string of the molecule is CCn1cc(C2C3=C(CCCC3=O)N(CCOC)C3=C2C(=O)CCC3)c2ccccc21. The van der Waals surface area contributed by atoms with Crippen LogP contribution in [0, 0.1) is 0 Å². The van der Waals surface area contributed by atoms with E-state index in [1.54, 1.807) is 7.11 Å². The van der Waals surface area contributed by atoms with Gasteiger partial charge in [-0.05, 0) is 44.2 Å². The number of aromatic nitrogens is 1. The molecule has 2 heterocycles. The van der Waals surface area contributed by atoms with Gasteiger partial charge in [0, 0.05) is 78.6 Å². The number of nitrogens with zero attached hydrogens (tertiary/aromatic N) is 2. The van der Waals surface area contributed by atoms with Gasteiger partial charge in [0.2, 0.25) is 0 Å². The Bertz CT molecular complexity index is 1080. The third-order valence-corrected chi connectivity index (χ3v) is 7.08. The fraction of sp³-hybridized carbons (Fsp3) is 0.462. The van der Waals surface area contributed by atoms with E-state index in [-0.39, 0.29) is 17.5 Å². The van der Waals surface area contributed by atoms with Gasteiger partial charge in [-0.1, -0.05) is 18.2 Å². The summed E-state index contributed by atoms with van der Waals surface area (Å²) in [6, 6.07) is 8.37. The molecule has 2 aliphatic carbocycles. The molecule has 0 saturated heterocycles. The van der Waals surface area contributed by atoms with Crippen LogP contribution in [-0.2, 0) is 20.9 Å². The lowest BCUT2D eigenvalue weighted by atomic mass is 9.71. The third kappa shape index (κ3) is 3.18. The van der Waals surface area contributed by atoms with Gasteiger partial charge in [0.05, 0.1) is 6.61 Å². The molecule has 1 aromatic heterocycles. The van der Waals surface area contributed by atoms with Crippen LogP contribution in [0.4, 0.5) is 0 Å². The van der Waals surface area contributed by atoms with Gasteiger partial charge in [0.15, 0.2) is 11.6 Å². The van der Waals surface area contributed by atoms with Gasteiger partial charge in [-0.3, -0.25) is 9.59 Å². The van der Waals surface area contributed by atoms with Gasteiger partial charge in [-0.25, -0.2) is 0 Å². The van der Waals surface area contributed by atoms with Gasteiger partial charge < -0.3 is 14.2 Å². The van der Waals surface area contributed by atoms with Crippen LogP contribution in [0.1, 0.15) is 56.9 Å². The molecule has 0 bridgehead atoms. The van der Waals surface area contributed by atoms with E-state index in [1.807, 2.05) is 0 Å². The molecule has 0 fully saturated rings. The number of aryl methyl sites for hydroxylation is 1. The summed E-state index contributed by atoms with van der Waals surface area (Å²) in [6.07, 6.45) is 6.84. The number of para-hydroxylation sites is 1. The Hall–Kier alpha value is -2.66. The average Bonchev–Trinajstić information content (AvgIpc) is 3.16. The summed E-state index contributed by atoms with van der Waals surface area (Å²) in [5.41, 5.74) is 6.23. The summed E-state index contributed by atoms with van der Waals surface area (Å²) < 4.78 is 7.62. The molecule has 162 valence electrons. The number of ether oxygens (including phenoxy) is 1. The highest BCUT2D eigenvalue weighted by atomic mass is 16.5. The maximum absolute atomic E-state index is 13.4. The number of allylic oxidation sites excluding steroid dienone is 4. The highest BCUT2D eigenvalue weighted by molar-refractivity contribution is 6.07. The van der Waals surface area contributed by atoms with Crippen molar-refractivity contribution in [2.45, 2.75) is 57.9 Å². The van der Waals surface area contributed by atoms with E-state index < -0.39 is 0 Å². The van der Waals surface area contributed by atoms with Crippen molar-refractivity contribution in [1.82, 2.24) is 9.47 Å². The largest absolute Gasteiger partial charge is 0.383 e. The van der Waals surface area contributed by atoms with Crippen LogP contribution in [0.25, 0.3) is 10.9 Å². The van der Waals surface area contributed by atoms with E-state index in [2.05, 4.69) is 46.9 Å². The smallest absolute Gasteiger partial charge is 0.161 e. The number of ketones is 2. The van der Waals surface area contributed by atoms with E-state index in [9.17, 15) is 9.59 Å². The first-order chi connectivity index (χ1) is 15.2. The lowest BCUT2D eigenvalue weighted by Gasteiger charge is -2.43. The topological polar surface area (TPSA) is 51.5 Å². The van der Waals surface area contributed by atoms with Gasteiger partial charge >= 0.3 is 0 Å². The molecule has 0 amide bonds. The minimum Gasteiger partial charge on any atom is -0.383 e. The lowest BCUT2D eigenvalue weighted by molar-refractivity contribution is -0.117. The Morgan fingerprint density at radius 2 is 1.61 bits per heavy atom. The van der Waals surface area contributed by atoms with Crippen LogP contribution in [0.3, 0.4) is 0 Å². The molecule has 5 heteroatoms. The van der Waals surface area contributed by atoms with Crippen LogP contribution in [-0.4, -0.2) is 41.3 Å². The standard InChI is InChI=1S/C26H30N2O3/c1-3-27-16-18(17-8-4-5-9-19(17)27)24-25-20(10-6-12-22(25)29)28(14-15-31-2)21-11-7-13-23(30)26(21)24/h4-5,8-9,16,24H,3,6-7,10-15H2,1-2H3. The van der Waals surface area contributed by atoms with Crippen molar-refractivity contribution in [3.8, 4) is 0 Å².